The molecule has 3 aromatic carbocycles. The minimum atomic E-state index is -0.311. The van der Waals surface area contributed by atoms with Crippen LogP contribution < -0.4 is 34.3 Å². The predicted molar refractivity (Wildman–Crippen MR) is 144 cm³/mol. The van der Waals surface area contributed by atoms with Gasteiger partial charge in [0.1, 0.15) is 11.5 Å². The number of carbonyl (C=O) groups is 2. The molecule has 0 radical (unpaired) electrons. The van der Waals surface area contributed by atoms with Crippen molar-refractivity contribution in [2.45, 2.75) is 19.5 Å². The van der Waals surface area contributed by atoms with Crippen LogP contribution in [0, 0.1) is 0 Å². The highest BCUT2D eigenvalue weighted by Crippen LogP contribution is 2.49. The molecular weight excluding hydrogens is 502 g/mol. The van der Waals surface area contributed by atoms with Crippen LogP contribution in [-0.4, -0.2) is 57.9 Å². The van der Waals surface area contributed by atoms with Crippen molar-refractivity contribution in [3.05, 3.63) is 70.8 Å². The van der Waals surface area contributed by atoms with E-state index in [1.807, 2.05) is 0 Å². The Morgan fingerprint density at radius 2 is 1.64 bits per heavy atom. The maximum Gasteiger partial charge on any atom is 0.262 e. The number of methoxy groups -OCH3 is 2. The van der Waals surface area contributed by atoms with E-state index in [4.69, 9.17) is 23.7 Å². The van der Waals surface area contributed by atoms with E-state index in [2.05, 4.69) is 22.6 Å². The number of benzene rings is 3. The SMILES string of the molecule is COc1ccc(OCC(=O)Nc2ccc(C(=O)NCc3c4c(c(OC)c5c3OCO5)CN(C)CC4)cc2)cc1. The van der Waals surface area contributed by atoms with E-state index in [0.717, 1.165) is 36.2 Å². The van der Waals surface area contributed by atoms with Crippen LogP contribution >= 0.6 is 0 Å². The zero-order valence-corrected chi connectivity index (χ0v) is 22.2. The fraction of sp³-hybridized carbons (Fsp3) is 0.310. The molecule has 2 N–H and O–H groups in total. The molecule has 0 fully saturated rings. The Kier molecular flexibility index (Phi) is 7.74. The molecule has 10 nitrogen and oxygen atoms in total. The van der Waals surface area contributed by atoms with Crippen LogP contribution in [0.1, 0.15) is 27.0 Å². The van der Waals surface area contributed by atoms with Gasteiger partial charge in [0.2, 0.25) is 12.5 Å². The first-order valence-electron chi connectivity index (χ1n) is 12.6. The Balaban J connectivity index is 1.20. The lowest BCUT2D eigenvalue weighted by Gasteiger charge is -2.29. The van der Waals surface area contributed by atoms with Crippen molar-refractivity contribution in [1.82, 2.24) is 10.2 Å². The average molecular weight is 534 g/mol. The van der Waals surface area contributed by atoms with Crippen LogP contribution in [0.2, 0.25) is 0 Å². The van der Waals surface area contributed by atoms with Gasteiger partial charge < -0.3 is 39.2 Å². The highest BCUT2D eigenvalue weighted by molar-refractivity contribution is 5.96. The van der Waals surface area contributed by atoms with Crippen molar-refractivity contribution in [2.24, 2.45) is 0 Å². The molecular formula is C29H31N3O7. The monoisotopic (exact) mass is 533 g/mol. The smallest absolute Gasteiger partial charge is 0.262 e. The second-order valence-electron chi connectivity index (χ2n) is 9.29. The molecule has 2 amide bonds. The topological polar surface area (TPSA) is 108 Å². The molecule has 0 unspecified atom stereocenters. The second-order valence-corrected chi connectivity index (χ2v) is 9.29. The van der Waals surface area contributed by atoms with Gasteiger partial charge in [0.05, 0.1) is 14.2 Å². The van der Waals surface area contributed by atoms with Gasteiger partial charge in [0.15, 0.2) is 18.1 Å². The molecule has 0 saturated carbocycles. The first kappa shape index (κ1) is 26.2. The molecule has 0 aliphatic carbocycles. The molecule has 204 valence electrons. The predicted octanol–water partition coefficient (Wildman–Crippen LogP) is 3.37. The van der Waals surface area contributed by atoms with Gasteiger partial charge in [-0.3, -0.25) is 9.59 Å². The van der Waals surface area contributed by atoms with E-state index in [1.54, 1.807) is 62.8 Å². The lowest BCUT2D eigenvalue weighted by molar-refractivity contribution is -0.118. The molecule has 3 aromatic rings. The molecule has 0 aromatic heterocycles. The van der Waals surface area contributed by atoms with Gasteiger partial charge in [-0.15, -0.1) is 0 Å². The summed E-state index contributed by atoms with van der Waals surface area (Å²) in [6, 6.07) is 13.7. The minimum absolute atomic E-state index is 0.115. The number of amides is 2. The molecule has 10 heteroatoms. The average Bonchev–Trinajstić information content (AvgIpc) is 3.44. The van der Waals surface area contributed by atoms with E-state index in [0.29, 0.717) is 46.5 Å². The molecule has 2 aliphatic rings. The van der Waals surface area contributed by atoms with Gasteiger partial charge in [0, 0.05) is 42.0 Å². The Hall–Kier alpha value is -4.44. The van der Waals surface area contributed by atoms with E-state index in [-0.39, 0.29) is 25.2 Å². The summed E-state index contributed by atoms with van der Waals surface area (Å²) in [4.78, 5) is 27.5. The van der Waals surface area contributed by atoms with Crippen LogP contribution in [0.4, 0.5) is 5.69 Å². The van der Waals surface area contributed by atoms with Crippen LogP contribution in [0.25, 0.3) is 0 Å². The van der Waals surface area contributed by atoms with Gasteiger partial charge in [0.25, 0.3) is 11.8 Å². The Bertz CT molecular complexity index is 1360. The lowest BCUT2D eigenvalue weighted by atomic mass is 9.92. The maximum atomic E-state index is 13.0. The fourth-order valence-electron chi connectivity index (χ4n) is 4.78. The number of carbonyl (C=O) groups excluding carboxylic acids is 2. The number of nitrogens with one attached hydrogen (secondary N) is 2. The molecule has 0 bridgehead atoms. The molecule has 2 aliphatic heterocycles. The highest BCUT2D eigenvalue weighted by atomic mass is 16.7. The van der Waals surface area contributed by atoms with Crippen LogP contribution in [0.5, 0.6) is 28.7 Å². The number of hydrogen-bond donors (Lipinski definition) is 2. The molecule has 2 heterocycles. The molecule has 0 spiro atoms. The van der Waals surface area contributed by atoms with Crippen LogP contribution in [-0.2, 0) is 24.3 Å². The third-order valence-electron chi connectivity index (χ3n) is 6.76. The number of ether oxygens (including phenoxy) is 5. The number of nitrogens with zero attached hydrogens (tertiary/aromatic N) is 1. The van der Waals surface area contributed by atoms with Crippen LogP contribution in [0.15, 0.2) is 48.5 Å². The maximum absolute atomic E-state index is 13.0. The Labute approximate surface area is 226 Å². The quantitative estimate of drug-likeness (QED) is 0.431. The van der Waals surface area contributed by atoms with Gasteiger partial charge in [-0.05, 0) is 67.6 Å². The van der Waals surface area contributed by atoms with Crippen LogP contribution in [0.3, 0.4) is 0 Å². The Morgan fingerprint density at radius 1 is 0.923 bits per heavy atom. The summed E-state index contributed by atoms with van der Waals surface area (Å²) in [6.45, 7) is 1.89. The lowest BCUT2D eigenvalue weighted by Crippen LogP contribution is -2.30. The van der Waals surface area contributed by atoms with Crippen molar-refractivity contribution in [3.63, 3.8) is 0 Å². The summed E-state index contributed by atoms with van der Waals surface area (Å²) in [7, 11) is 5.28. The van der Waals surface area contributed by atoms with E-state index >= 15 is 0 Å². The van der Waals surface area contributed by atoms with E-state index in [9.17, 15) is 9.59 Å². The van der Waals surface area contributed by atoms with E-state index in [1.165, 1.54) is 0 Å². The summed E-state index contributed by atoms with van der Waals surface area (Å²) >= 11 is 0. The number of fused-ring (bicyclic) bond motifs is 2. The van der Waals surface area contributed by atoms with Crippen molar-refractivity contribution in [2.75, 3.05) is 46.5 Å². The fourth-order valence-corrected chi connectivity index (χ4v) is 4.78. The molecule has 0 atom stereocenters. The summed E-state index contributed by atoms with van der Waals surface area (Å²) in [5.41, 5.74) is 4.14. The summed E-state index contributed by atoms with van der Waals surface area (Å²) in [5, 5.41) is 5.77. The molecule has 0 saturated heterocycles. The largest absolute Gasteiger partial charge is 0.497 e. The van der Waals surface area contributed by atoms with Gasteiger partial charge in [-0.1, -0.05) is 0 Å². The number of hydrogen-bond acceptors (Lipinski definition) is 8. The number of likely N-dealkylation sites (N-methyl/N-ethyl adjacent to an activating group) is 1. The number of rotatable bonds is 9. The zero-order chi connectivity index (χ0) is 27.4. The second kappa shape index (κ2) is 11.5. The van der Waals surface area contributed by atoms with Crippen molar-refractivity contribution >= 4 is 17.5 Å². The minimum Gasteiger partial charge on any atom is -0.497 e. The summed E-state index contributed by atoms with van der Waals surface area (Å²) < 4.78 is 27.8. The normalized spacial score (nSPS) is 13.8. The summed E-state index contributed by atoms with van der Waals surface area (Å²) in [6.07, 6.45) is 0.820. The standard InChI is InChI=1S/C29H31N3O7/c1-32-13-12-22-23(27-28(39-17-38-27)26(36-3)24(22)15-32)14-30-29(34)18-4-6-19(7-5-18)31-25(33)16-37-21-10-8-20(35-2)9-11-21/h4-11H,12-17H2,1-3H3,(H,30,34)(H,31,33). The van der Waals surface area contributed by atoms with Crippen molar-refractivity contribution in [1.29, 1.82) is 0 Å². The first-order chi connectivity index (χ1) is 19.0. The summed E-state index contributed by atoms with van der Waals surface area (Å²) in [5.74, 6) is 2.64. The highest BCUT2D eigenvalue weighted by Gasteiger charge is 2.32. The van der Waals surface area contributed by atoms with Gasteiger partial charge >= 0.3 is 0 Å². The Morgan fingerprint density at radius 3 is 2.36 bits per heavy atom. The third-order valence-corrected chi connectivity index (χ3v) is 6.76. The number of anilines is 1. The van der Waals surface area contributed by atoms with Crippen molar-refractivity contribution in [3.8, 4) is 28.7 Å². The first-order valence-corrected chi connectivity index (χ1v) is 12.6. The third kappa shape index (κ3) is 5.70. The molecule has 5 rings (SSSR count). The molecule has 39 heavy (non-hydrogen) atoms. The van der Waals surface area contributed by atoms with Crippen molar-refractivity contribution < 1.29 is 33.3 Å². The van der Waals surface area contributed by atoms with Gasteiger partial charge in [-0.2, -0.15) is 0 Å². The zero-order valence-electron chi connectivity index (χ0n) is 22.2. The van der Waals surface area contributed by atoms with Gasteiger partial charge in [-0.25, -0.2) is 0 Å². The van der Waals surface area contributed by atoms with E-state index < -0.39 is 0 Å².